The van der Waals surface area contributed by atoms with Crippen molar-refractivity contribution in [2.24, 2.45) is 0 Å². The van der Waals surface area contributed by atoms with Gasteiger partial charge in [-0.3, -0.25) is 18.7 Å². The fraction of sp³-hybridized carbons (Fsp3) is 0.286. The van der Waals surface area contributed by atoms with E-state index in [0.717, 1.165) is 7.11 Å². The number of benzene rings is 2. The molecule has 1 amide bonds. The maximum absolute atomic E-state index is 13.4. The van der Waals surface area contributed by atoms with E-state index >= 15 is 0 Å². The Hall–Kier alpha value is -3.40. The smallest absolute Gasteiger partial charge is 0.329 e. The van der Waals surface area contributed by atoms with E-state index in [0.29, 0.717) is 24.1 Å². The summed E-state index contributed by atoms with van der Waals surface area (Å²) in [5, 5.41) is 2.50. The van der Waals surface area contributed by atoms with Gasteiger partial charge in [0.25, 0.3) is 0 Å². The molecule has 0 saturated heterocycles. The molecule has 1 heterocycles. The molecule has 1 N–H and O–H groups in total. The van der Waals surface area contributed by atoms with Crippen LogP contribution in [0.15, 0.2) is 57.1 Å². The van der Waals surface area contributed by atoms with Crippen molar-refractivity contribution in [3.63, 3.8) is 0 Å². The third kappa shape index (κ3) is 4.11. The molecule has 0 saturated carbocycles. The van der Waals surface area contributed by atoms with Crippen LogP contribution in [0, 0.1) is 0 Å². The van der Waals surface area contributed by atoms with Gasteiger partial charge >= 0.3 is 11.7 Å². The van der Waals surface area contributed by atoms with Gasteiger partial charge in [-0.1, -0.05) is 18.2 Å². The molecule has 0 aliphatic heterocycles. The Labute approximate surface area is 179 Å². The van der Waals surface area contributed by atoms with Crippen LogP contribution in [-0.4, -0.2) is 36.5 Å². The number of hydrogen-bond acceptors (Lipinski definition) is 6. The normalized spacial score (nSPS) is 11.5. The first-order valence-electron chi connectivity index (χ1n) is 9.68. The number of methoxy groups -OCH3 is 1. The summed E-state index contributed by atoms with van der Waals surface area (Å²) in [7, 11) is -2.88. The number of esters is 1. The lowest BCUT2D eigenvalue weighted by Gasteiger charge is -2.13. The highest BCUT2D eigenvalue weighted by atomic mass is 32.2. The number of fused-ring (bicyclic) bond motifs is 1. The molecule has 0 bridgehead atoms. The Morgan fingerprint density at radius 1 is 1.00 bits per heavy atom. The van der Waals surface area contributed by atoms with Crippen LogP contribution in [0.2, 0.25) is 0 Å². The summed E-state index contributed by atoms with van der Waals surface area (Å²) in [5.41, 5.74) is 0.631. The lowest BCUT2D eigenvalue weighted by Crippen LogP contribution is -2.23. The van der Waals surface area contributed by atoms with Crippen molar-refractivity contribution in [2.45, 2.75) is 43.1 Å². The number of anilines is 1. The van der Waals surface area contributed by atoms with Crippen molar-refractivity contribution in [3.8, 4) is 0 Å². The number of nitrogens with zero attached hydrogens (tertiary/aromatic N) is 2. The zero-order chi connectivity index (χ0) is 22.8. The van der Waals surface area contributed by atoms with Crippen molar-refractivity contribution < 1.29 is 22.7 Å². The van der Waals surface area contributed by atoms with Crippen LogP contribution in [0.25, 0.3) is 11.0 Å². The van der Waals surface area contributed by atoms with Gasteiger partial charge in [0, 0.05) is 13.1 Å². The number of amides is 1. The van der Waals surface area contributed by atoms with Crippen molar-refractivity contribution >= 4 is 38.4 Å². The highest BCUT2D eigenvalue weighted by molar-refractivity contribution is 7.91. The lowest BCUT2D eigenvalue weighted by molar-refractivity contribution is -0.142. The van der Waals surface area contributed by atoms with Gasteiger partial charge in [0.1, 0.15) is 6.42 Å². The van der Waals surface area contributed by atoms with E-state index < -0.39 is 28.1 Å². The quantitative estimate of drug-likeness (QED) is 0.440. The minimum atomic E-state index is -4.03. The van der Waals surface area contributed by atoms with E-state index in [1.807, 2.05) is 0 Å². The fourth-order valence-corrected chi connectivity index (χ4v) is 4.83. The first-order valence-corrected chi connectivity index (χ1v) is 11.2. The van der Waals surface area contributed by atoms with Crippen LogP contribution in [0.1, 0.15) is 20.3 Å². The van der Waals surface area contributed by atoms with Crippen molar-refractivity contribution in [1.82, 2.24) is 9.13 Å². The second-order valence-electron chi connectivity index (χ2n) is 6.73. The maximum atomic E-state index is 13.4. The van der Waals surface area contributed by atoms with Gasteiger partial charge in [0.05, 0.1) is 33.6 Å². The molecular formula is C21H23N3O6S. The predicted molar refractivity (Wildman–Crippen MR) is 115 cm³/mol. The summed E-state index contributed by atoms with van der Waals surface area (Å²) in [6.07, 6.45) is -0.573. The summed E-state index contributed by atoms with van der Waals surface area (Å²) in [5.74, 6) is -1.48. The molecule has 164 valence electrons. The minimum Gasteiger partial charge on any atom is -0.469 e. The summed E-state index contributed by atoms with van der Waals surface area (Å²) in [4.78, 5) is 36.4. The van der Waals surface area contributed by atoms with E-state index in [9.17, 15) is 22.8 Å². The third-order valence-electron chi connectivity index (χ3n) is 4.90. The van der Waals surface area contributed by atoms with Crippen LogP contribution in [-0.2, 0) is 37.3 Å². The third-order valence-corrected chi connectivity index (χ3v) is 6.71. The molecule has 10 heteroatoms. The molecule has 0 aliphatic carbocycles. The molecule has 0 spiro atoms. The summed E-state index contributed by atoms with van der Waals surface area (Å²) >= 11 is 0. The number of rotatable bonds is 7. The molecule has 2 aromatic carbocycles. The number of carbonyl (C=O) groups is 2. The number of sulfone groups is 1. The Morgan fingerprint density at radius 2 is 1.58 bits per heavy atom. The van der Waals surface area contributed by atoms with Gasteiger partial charge in [-0.15, -0.1) is 0 Å². The van der Waals surface area contributed by atoms with E-state index in [1.165, 1.54) is 33.4 Å². The average molecular weight is 445 g/mol. The van der Waals surface area contributed by atoms with E-state index in [1.54, 1.807) is 32.0 Å². The molecule has 0 unspecified atom stereocenters. The summed E-state index contributed by atoms with van der Waals surface area (Å²) in [6.45, 7) is 4.30. The Balaban J connectivity index is 2.28. The molecular weight excluding hydrogens is 422 g/mol. The molecule has 0 radical (unpaired) electrons. The number of imidazole rings is 1. The highest BCUT2D eigenvalue weighted by Crippen LogP contribution is 2.32. The lowest BCUT2D eigenvalue weighted by atomic mass is 10.2. The largest absolute Gasteiger partial charge is 0.469 e. The average Bonchev–Trinajstić information content (AvgIpc) is 3.02. The van der Waals surface area contributed by atoms with Gasteiger partial charge in [-0.25, -0.2) is 13.2 Å². The van der Waals surface area contributed by atoms with Crippen molar-refractivity contribution in [1.29, 1.82) is 0 Å². The standard InChI is InChI=1S/C21H23N3O6S/c1-4-23-16-11-15(22-19(25)13-20(26)30-3)18(12-17(16)24(5-2)21(23)27)31(28,29)14-9-7-6-8-10-14/h6-12H,4-5,13H2,1-3H3,(H,22,25). The first-order chi connectivity index (χ1) is 14.7. The topological polar surface area (TPSA) is 116 Å². The predicted octanol–water partition coefficient (Wildman–Crippen LogP) is 2.18. The Morgan fingerprint density at radius 3 is 2.13 bits per heavy atom. The van der Waals surface area contributed by atoms with E-state index in [4.69, 9.17) is 0 Å². The number of aryl methyl sites for hydroxylation is 2. The molecule has 3 aromatic rings. The van der Waals surface area contributed by atoms with Gasteiger partial charge in [0.15, 0.2) is 0 Å². The van der Waals surface area contributed by atoms with Gasteiger partial charge in [-0.05, 0) is 38.1 Å². The van der Waals surface area contributed by atoms with E-state index in [-0.39, 0.29) is 21.2 Å². The van der Waals surface area contributed by atoms with Crippen LogP contribution < -0.4 is 11.0 Å². The minimum absolute atomic E-state index is 0.0132. The molecule has 9 nitrogen and oxygen atoms in total. The van der Waals surface area contributed by atoms with E-state index in [2.05, 4.69) is 10.1 Å². The van der Waals surface area contributed by atoms with Gasteiger partial charge < -0.3 is 10.1 Å². The number of hydrogen-bond donors (Lipinski definition) is 1. The Kier molecular flexibility index (Phi) is 6.30. The molecule has 0 fully saturated rings. The van der Waals surface area contributed by atoms with Crippen LogP contribution in [0.4, 0.5) is 5.69 Å². The van der Waals surface area contributed by atoms with Gasteiger partial charge in [0.2, 0.25) is 15.7 Å². The van der Waals surface area contributed by atoms with Gasteiger partial charge in [-0.2, -0.15) is 0 Å². The Bertz CT molecular complexity index is 1310. The molecule has 1 aromatic heterocycles. The zero-order valence-corrected chi connectivity index (χ0v) is 18.2. The molecule has 3 rings (SSSR count). The van der Waals surface area contributed by atoms with Crippen LogP contribution >= 0.6 is 0 Å². The van der Waals surface area contributed by atoms with Crippen LogP contribution in [0.5, 0.6) is 0 Å². The molecule has 31 heavy (non-hydrogen) atoms. The molecule has 0 aliphatic rings. The highest BCUT2D eigenvalue weighted by Gasteiger charge is 2.26. The monoisotopic (exact) mass is 445 g/mol. The second-order valence-corrected chi connectivity index (χ2v) is 8.64. The zero-order valence-electron chi connectivity index (χ0n) is 17.4. The van der Waals surface area contributed by atoms with Crippen molar-refractivity contribution in [3.05, 3.63) is 52.9 Å². The number of ether oxygens (including phenoxy) is 1. The van der Waals surface area contributed by atoms with Crippen LogP contribution in [0.3, 0.4) is 0 Å². The summed E-state index contributed by atoms with van der Waals surface area (Å²) < 4.78 is 34.2. The van der Waals surface area contributed by atoms with Crippen molar-refractivity contribution in [2.75, 3.05) is 12.4 Å². The molecule has 0 atom stereocenters. The fourth-order valence-electron chi connectivity index (χ4n) is 3.40. The number of carbonyl (C=O) groups excluding carboxylic acids is 2. The first kappa shape index (κ1) is 22.3. The number of nitrogens with one attached hydrogen (secondary N) is 1. The maximum Gasteiger partial charge on any atom is 0.329 e. The summed E-state index contributed by atoms with van der Waals surface area (Å²) in [6, 6.07) is 10.6. The number of aromatic nitrogens is 2. The second kappa shape index (κ2) is 8.76. The SMILES string of the molecule is CCn1c(=O)n(CC)c2cc(S(=O)(=O)c3ccccc3)c(NC(=O)CC(=O)OC)cc21.